The minimum Gasteiger partial charge on any atom is -0.356 e. The number of benzene rings is 3. The molecule has 0 aliphatic carbocycles. The summed E-state index contributed by atoms with van der Waals surface area (Å²) in [5.41, 5.74) is 2.35. The van der Waals surface area contributed by atoms with Crippen LogP contribution in [0.4, 0.5) is 17.1 Å². The Morgan fingerprint density at radius 2 is 1.77 bits per heavy atom. The number of amides is 1. The third-order valence-corrected chi connectivity index (χ3v) is 4.99. The third-order valence-electron chi connectivity index (χ3n) is 4.44. The van der Waals surface area contributed by atoms with Crippen LogP contribution in [0.15, 0.2) is 72.8 Å². The van der Waals surface area contributed by atoms with Gasteiger partial charge in [-0.1, -0.05) is 41.9 Å². The average molecular weight is 455 g/mol. The van der Waals surface area contributed by atoms with E-state index < -0.39 is 4.92 Å². The van der Waals surface area contributed by atoms with Crippen LogP contribution < -0.4 is 16.0 Å². The molecule has 0 spiro atoms. The second kappa shape index (κ2) is 10.0. The largest absolute Gasteiger partial charge is 0.356 e. The van der Waals surface area contributed by atoms with E-state index in [0.717, 1.165) is 5.56 Å². The molecule has 0 heterocycles. The van der Waals surface area contributed by atoms with Gasteiger partial charge >= 0.3 is 0 Å². The van der Waals surface area contributed by atoms with Gasteiger partial charge in [-0.2, -0.15) is 0 Å². The van der Waals surface area contributed by atoms with E-state index in [1.807, 2.05) is 31.2 Å². The number of thiocarbonyl (C=S) groups is 1. The molecule has 1 unspecified atom stereocenters. The predicted molar refractivity (Wildman–Crippen MR) is 127 cm³/mol. The highest BCUT2D eigenvalue weighted by Gasteiger charge is 2.13. The van der Waals surface area contributed by atoms with Gasteiger partial charge in [0.1, 0.15) is 0 Å². The predicted octanol–water partition coefficient (Wildman–Crippen LogP) is 5.55. The van der Waals surface area contributed by atoms with Crippen molar-refractivity contribution < 1.29 is 9.72 Å². The first-order valence-electron chi connectivity index (χ1n) is 9.31. The summed E-state index contributed by atoms with van der Waals surface area (Å²) >= 11 is 11.4. The topological polar surface area (TPSA) is 96.3 Å². The summed E-state index contributed by atoms with van der Waals surface area (Å²) in [5.74, 6) is -0.198. The molecule has 0 bridgehead atoms. The van der Waals surface area contributed by atoms with E-state index in [2.05, 4.69) is 16.0 Å². The van der Waals surface area contributed by atoms with Crippen molar-refractivity contribution in [2.75, 3.05) is 10.6 Å². The number of halogens is 1. The number of nitrogens with one attached hydrogen (secondary N) is 3. The van der Waals surface area contributed by atoms with Crippen LogP contribution in [0.25, 0.3) is 0 Å². The lowest BCUT2D eigenvalue weighted by Gasteiger charge is -2.18. The number of non-ortho nitro benzene ring substituents is 1. The first-order valence-corrected chi connectivity index (χ1v) is 10.1. The maximum absolute atomic E-state index is 12.4. The highest BCUT2D eigenvalue weighted by molar-refractivity contribution is 7.80. The Balaban J connectivity index is 1.65. The molecule has 0 saturated carbocycles. The van der Waals surface area contributed by atoms with Crippen LogP contribution in [0.5, 0.6) is 0 Å². The fourth-order valence-corrected chi connectivity index (χ4v) is 3.29. The second-order valence-corrected chi connectivity index (χ2v) is 7.50. The van der Waals surface area contributed by atoms with E-state index in [4.69, 9.17) is 23.8 Å². The molecule has 31 heavy (non-hydrogen) atoms. The molecule has 0 fully saturated rings. The number of rotatable bonds is 6. The van der Waals surface area contributed by atoms with Gasteiger partial charge in [-0.25, -0.2) is 0 Å². The van der Waals surface area contributed by atoms with Gasteiger partial charge in [-0.05, 0) is 55.0 Å². The first kappa shape index (κ1) is 22.2. The van der Waals surface area contributed by atoms with Gasteiger partial charge in [0.2, 0.25) is 0 Å². The fourth-order valence-electron chi connectivity index (χ4n) is 2.84. The molecule has 158 valence electrons. The first-order chi connectivity index (χ1) is 14.8. The van der Waals surface area contributed by atoms with Crippen molar-refractivity contribution in [3.05, 3.63) is 99.1 Å². The zero-order chi connectivity index (χ0) is 22.4. The number of nitro benzene ring substituents is 1. The standard InChI is InChI=1S/C22H19ClN4O3S/c1-14(24-22(31)26-20-13-18(27(29)30)10-11-19(20)23)16-8-5-9-17(12-16)25-21(28)15-6-3-2-4-7-15/h2-14H,1H3,(H,25,28)(H2,24,26,31). The van der Waals surface area contributed by atoms with Gasteiger partial charge in [0.25, 0.3) is 11.6 Å². The molecule has 1 atom stereocenters. The molecule has 3 N–H and O–H groups in total. The highest BCUT2D eigenvalue weighted by Crippen LogP contribution is 2.27. The Morgan fingerprint density at radius 3 is 2.48 bits per heavy atom. The van der Waals surface area contributed by atoms with Gasteiger partial charge < -0.3 is 16.0 Å². The number of hydrogen-bond acceptors (Lipinski definition) is 4. The molecule has 3 aromatic rings. The number of nitro groups is 1. The minimum atomic E-state index is -0.504. The fraction of sp³-hybridized carbons (Fsp3) is 0.0909. The van der Waals surface area contributed by atoms with Crippen LogP contribution in [-0.4, -0.2) is 15.9 Å². The lowest BCUT2D eigenvalue weighted by Crippen LogP contribution is -2.31. The van der Waals surface area contributed by atoms with Crippen molar-refractivity contribution >= 4 is 51.9 Å². The Morgan fingerprint density at radius 1 is 1.03 bits per heavy atom. The van der Waals surface area contributed by atoms with Crippen LogP contribution in [0, 0.1) is 10.1 Å². The van der Waals surface area contributed by atoms with Crippen LogP contribution in [-0.2, 0) is 0 Å². The molecule has 0 radical (unpaired) electrons. The molecule has 3 aromatic carbocycles. The van der Waals surface area contributed by atoms with Crippen LogP contribution >= 0.6 is 23.8 Å². The molecule has 9 heteroatoms. The van der Waals surface area contributed by atoms with Crippen molar-refractivity contribution in [1.29, 1.82) is 0 Å². The van der Waals surface area contributed by atoms with Crippen LogP contribution in [0.2, 0.25) is 5.02 Å². The van der Waals surface area contributed by atoms with Crippen LogP contribution in [0.1, 0.15) is 28.9 Å². The molecule has 1 amide bonds. The highest BCUT2D eigenvalue weighted by atomic mass is 35.5. The van der Waals surface area contributed by atoms with E-state index >= 15 is 0 Å². The van der Waals surface area contributed by atoms with Crippen molar-refractivity contribution in [3.63, 3.8) is 0 Å². The summed E-state index contributed by atoms with van der Waals surface area (Å²) in [7, 11) is 0. The van der Waals surface area contributed by atoms with Crippen molar-refractivity contribution in [3.8, 4) is 0 Å². The quantitative estimate of drug-likeness (QED) is 0.257. The Hall–Kier alpha value is -3.49. The zero-order valence-corrected chi connectivity index (χ0v) is 18.0. The molecule has 0 saturated heterocycles. The number of anilines is 2. The summed E-state index contributed by atoms with van der Waals surface area (Å²) in [5, 5.41) is 20.4. The number of nitrogens with zero attached hydrogens (tertiary/aromatic N) is 1. The third kappa shape index (κ3) is 6.00. The Bertz CT molecular complexity index is 1120. The van der Waals surface area contributed by atoms with Gasteiger partial charge in [0.15, 0.2) is 5.11 Å². The maximum Gasteiger partial charge on any atom is 0.271 e. The Kier molecular flexibility index (Phi) is 7.17. The van der Waals surface area contributed by atoms with Gasteiger partial charge in [-0.3, -0.25) is 14.9 Å². The Labute approximate surface area is 189 Å². The van der Waals surface area contributed by atoms with E-state index in [9.17, 15) is 14.9 Å². The number of carbonyl (C=O) groups excluding carboxylic acids is 1. The second-order valence-electron chi connectivity index (χ2n) is 6.69. The summed E-state index contributed by atoms with van der Waals surface area (Å²) in [6.45, 7) is 1.90. The number of carbonyl (C=O) groups is 1. The van der Waals surface area contributed by atoms with E-state index in [1.165, 1.54) is 18.2 Å². The number of hydrogen-bond donors (Lipinski definition) is 3. The van der Waals surface area contributed by atoms with Crippen molar-refractivity contribution in [1.82, 2.24) is 5.32 Å². The van der Waals surface area contributed by atoms with E-state index in [-0.39, 0.29) is 22.7 Å². The summed E-state index contributed by atoms with van der Waals surface area (Å²) < 4.78 is 0. The molecular weight excluding hydrogens is 436 g/mol. The van der Waals surface area contributed by atoms with Crippen LogP contribution in [0.3, 0.4) is 0 Å². The molecule has 0 aromatic heterocycles. The molecule has 0 aliphatic rings. The summed E-state index contributed by atoms with van der Waals surface area (Å²) in [6.07, 6.45) is 0. The molecule has 0 aliphatic heterocycles. The van der Waals surface area contributed by atoms with Gasteiger partial charge in [0.05, 0.1) is 21.7 Å². The van der Waals surface area contributed by atoms with E-state index in [0.29, 0.717) is 22.0 Å². The van der Waals surface area contributed by atoms with E-state index in [1.54, 1.807) is 30.3 Å². The van der Waals surface area contributed by atoms with Gasteiger partial charge in [0, 0.05) is 23.4 Å². The molecular formula is C22H19ClN4O3S. The molecule has 7 nitrogen and oxygen atoms in total. The summed E-state index contributed by atoms with van der Waals surface area (Å²) in [6, 6.07) is 20.2. The normalized spacial score (nSPS) is 11.3. The average Bonchev–Trinajstić information content (AvgIpc) is 2.75. The monoisotopic (exact) mass is 454 g/mol. The summed E-state index contributed by atoms with van der Waals surface area (Å²) in [4.78, 5) is 22.8. The lowest BCUT2D eigenvalue weighted by atomic mass is 10.1. The smallest absolute Gasteiger partial charge is 0.271 e. The SMILES string of the molecule is CC(NC(=S)Nc1cc([N+](=O)[O-])ccc1Cl)c1cccc(NC(=O)c2ccccc2)c1. The van der Waals surface area contributed by atoms with Gasteiger partial charge in [-0.15, -0.1) is 0 Å². The van der Waals surface area contributed by atoms with Crippen molar-refractivity contribution in [2.24, 2.45) is 0 Å². The van der Waals surface area contributed by atoms with Crippen molar-refractivity contribution in [2.45, 2.75) is 13.0 Å². The maximum atomic E-state index is 12.4. The molecule has 3 rings (SSSR count). The minimum absolute atomic E-state index is 0.0930. The zero-order valence-electron chi connectivity index (χ0n) is 16.5. The lowest BCUT2D eigenvalue weighted by molar-refractivity contribution is -0.384.